The van der Waals surface area contributed by atoms with Crippen molar-refractivity contribution in [1.82, 2.24) is 9.47 Å². The lowest BCUT2D eigenvalue weighted by molar-refractivity contribution is -0.131. The molecule has 1 aromatic heterocycles. The van der Waals surface area contributed by atoms with E-state index in [1.54, 1.807) is 11.8 Å². The number of fused-ring (bicyclic) bond motifs is 1. The van der Waals surface area contributed by atoms with E-state index in [9.17, 15) is 4.79 Å². The monoisotopic (exact) mass is 404 g/mol. The van der Waals surface area contributed by atoms with Crippen LogP contribution in [0.1, 0.15) is 43.6 Å². The van der Waals surface area contributed by atoms with Crippen LogP contribution in [0.15, 0.2) is 77.8 Å². The van der Waals surface area contributed by atoms with Crippen LogP contribution in [0.4, 0.5) is 0 Å². The molecule has 0 spiro atoms. The fourth-order valence-corrected chi connectivity index (χ4v) is 4.72. The highest BCUT2D eigenvalue weighted by Crippen LogP contribution is 2.34. The van der Waals surface area contributed by atoms with E-state index in [-0.39, 0.29) is 17.4 Å². The molecule has 0 bridgehead atoms. The Balaban J connectivity index is 1.60. The van der Waals surface area contributed by atoms with Crippen molar-refractivity contribution in [2.45, 2.75) is 43.7 Å². The molecule has 150 valence electrons. The Bertz CT molecular complexity index is 970. The zero-order valence-corrected chi connectivity index (χ0v) is 18.2. The van der Waals surface area contributed by atoms with Crippen molar-refractivity contribution in [3.05, 3.63) is 89.7 Å². The summed E-state index contributed by atoms with van der Waals surface area (Å²) in [7, 11) is 0. The highest BCUT2D eigenvalue weighted by Gasteiger charge is 2.32. The van der Waals surface area contributed by atoms with Gasteiger partial charge in [0.2, 0.25) is 5.91 Å². The molecule has 1 aliphatic heterocycles. The minimum Gasteiger partial charge on any atom is -0.348 e. The summed E-state index contributed by atoms with van der Waals surface area (Å²) in [6.45, 7) is 8.27. The van der Waals surface area contributed by atoms with Gasteiger partial charge in [-0.1, -0.05) is 63.2 Å². The Labute approximate surface area is 177 Å². The smallest absolute Gasteiger partial charge is 0.233 e. The van der Waals surface area contributed by atoms with Crippen molar-refractivity contribution in [3.63, 3.8) is 0 Å². The zero-order valence-electron chi connectivity index (χ0n) is 17.3. The predicted molar refractivity (Wildman–Crippen MR) is 120 cm³/mol. The highest BCUT2D eigenvalue weighted by atomic mass is 32.2. The summed E-state index contributed by atoms with van der Waals surface area (Å²) in [6.07, 6.45) is 2.12. The normalized spacial score (nSPS) is 16.5. The summed E-state index contributed by atoms with van der Waals surface area (Å²) in [5.74, 6) is 0.651. The van der Waals surface area contributed by atoms with Crippen LogP contribution in [0, 0.1) is 0 Å². The second-order valence-electron chi connectivity index (χ2n) is 8.59. The average molecular weight is 405 g/mol. The van der Waals surface area contributed by atoms with E-state index >= 15 is 0 Å². The van der Waals surface area contributed by atoms with E-state index in [2.05, 4.69) is 85.0 Å². The second-order valence-corrected chi connectivity index (χ2v) is 9.64. The van der Waals surface area contributed by atoms with Crippen LogP contribution in [-0.4, -0.2) is 27.7 Å². The summed E-state index contributed by atoms with van der Waals surface area (Å²) in [5, 5.41) is 0. The molecule has 0 radical (unpaired) electrons. The van der Waals surface area contributed by atoms with Gasteiger partial charge >= 0.3 is 0 Å². The second kappa shape index (κ2) is 8.11. The van der Waals surface area contributed by atoms with Crippen molar-refractivity contribution in [2.75, 3.05) is 12.3 Å². The van der Waals surface area contributed by atoms with Crippen LogP contribution in [0.2, 0.25) is 0 Å². The number of amides is 1. The first-order valence-corrected chi connectivity index (χ1v) is 11.1. The number of carbonyl (C=O) groups is 1. The molecule has 4 heteroatoms. The SMILES string of the molecule is CC(C)(C)c1ccc(C2c3cccn3CCN2C(=O)CSc2ccccc2)cc1. The van der Waals surface area contributed by atoms with Gasteiger partial charge in [-0.2, -0.15) is 0 Å². The third kappa shape index (κ3) is 4.27. The lowest BCUT2D eigenvalue weighted by Crippen LogP contribution is -2.43. The first-order chi connectivity index (χ1) is 13.9. The zero-order chi connectivity index (χ0) is 20.4. The van der Waals surface area contributed by atoms with Crippen LogP contribution in [-0.2, 0) is 16.8 Å². The predicted octanol–water partition coefficient (Wildman–Crippen LogP) is 5.51. The van der Waals surface area contributed by atoms with E-state index in [0.29, 0.717) is 5.75 Å². The highest BCUT2D eigenvalue weighted by molar-refractivity contribution is 8.00. The molecule has 0 N–H and O–H groups in total. The molecule has 4 rings (SSSR count). The van der Waals surface area contributed by atoms with Gasteiger partial charge in [-0.15, -0.1) is 11.8 Å². The quantitative estimate of drug-likeness (QED) is 0.536. The van der Waals surface area contributed by atoms with Gasteiger partial charge in [-0.05, 0) is 40.8 Å². The minimum atomic E-state index is -0.0309. The van der Waals surface area contributed by atoms with Crippen molar-refractivity contribution in [2.24, 2.45) is 0 Å². The van der Waals surface area contributed by atoms with Gasteiger partial charge in [0, 0.05) is 29.9 Å². The standard InChI is InChI=1S/C25H28N2OS/c1-25(2,3)20-13-11-19(12-14-20)24-22-10-7-15-26(22)16-17-27(24)23(28)18-29-21-8-5-4-6-9-21/h4-15,24H,16-18H2,1-3H3. The fraction of sp³-hybridized carbons (Fsp3) is 0.320. The molecular weight excluding hydrogens is 376 g/mol. The maximum Gasteiger partial charge on any atom is 0.233 e. The number of nitrogens with zero attached hydrogens (tertiary/aromatic N) is 2. The number of hydrogen-bond donors (Lipinski definition) is 0. The van der Waals surface area contributed by atoms with E-state index in [1.807, 2.05) is 18.2 Å². The van der Waals surface area contributed by atoms with Gasteiger partial charge in [0.25, 0.3) is 0 Å². The van der Waals surface area contributed by atoms with Crippen LogP contribution in [0.5, 0.6) is 0 Å². The Kier molecular flexibility index (Phi) is 5.55. The third-order valence-corrected chi connectivity index (χ3v) is 6.55. The molecule has 3 aromatic rings. The topological polar surface area (TPSA) is 25.2 Å². The van der Waals surface area contributed by atoms with Crippen molar-refractivity contribution >= 4 is 17.7 Å². The molecule has 1 unspecified atom stereocenters. The summed E-state index contributed by atoms with van der Waals surface area (Å²) in [5.41, 5.74) is 3.80. The Morgan fingerprint density at radius 2 is 1.69 bits per heavy atom. The van der Waals surface area contributed by atoms with Crippen molar-refractivity contribution in [1.29, 1.82) is 0 Å². The first kappa shape index (κ1) is 19.8. The number of rotatable bonds is 4. The molecular formula is C25H28N2OS. The Morgan fingerprint density at radius 3 is 2.38 bits per heavy atom. The molecule has 0 aliphatic carbocycles. The van der Waals surface area contributed by atoms with Crippen LogP contribution < -0.4 is 0 Å². The summed E-state index contributed by atoms with van der Waals surface area (Å²) in [4.78, 5) is 16.4. The number of thioether (sulfide) groups is 1. The third-order valence-electron chi connectivity index (χ3n) is 5.56. The van der Waals surface area contributed by atoms with Crippen LogP contribution >= 0.6 is 11.8 Å². The Morgan fingerprint density at radius 1 is 0.966 bits per heavy atom. The fourth-order valence-electron chi connectivity index (χ4n) is 3.91. The Hall–Kier alpha value is -2.46. The molecule has 1 amide bonds. The van der Waals surface area contributed by atoms with Crippen molar-refractivity contribution < 1.29 is 4.79 Å². The minimum absolute atomic E-state index is 0.0309. The molecule has 2 heterocycles. The summed E-state index contributed by atoms with van der Waals surface area (Å²) >= 11 is 1.61. The number of benzene rings is 2. The van der Waals surface area contributed by atoms with Gasteiger partial charge in [-0.3, -0.25) is 4.79 Å². The largest absolute Gasteiger partial charge is 0.348 e. The van der Waals surface area contributed by atoms with E-state index < -0.39 is 0 Å². The number of hydrogen-bond acceptors (Lipinski definition) is 2. The lowest BCUT2D eigenvalue weighted by Gasteiger charge is -2.37. The molecule has 2 aromatic carbocycles. The molecule has 1 atom stereocenters. The first-order valence-electron chi connectivity index (χ1n) is 10.2. The van der Waals surface area contributed by atoms with Gasteiger partial charge in [0.1, 0.15) is 0 Å². The molecule has 0 saturated heterocycles. The van der Waals surface area contributed by atoms with Gasteiger partial charge < -0.3 is 9.47 Å². The van der Waals surface area contributed by atoms with Gasteiger partial charge in [0.05, 0.1) is 11.8 Å². The van der Waals surface area contributed by atoms with Gasteiger partial charge in [0.15, 0.2) is 0 Å². The molecule has 29 heavy (non-hydrogen) atoms. The molecule has 1 aliphatic rings. The lowest BCUT2D eigenvalue weighted by atomic mass is 9.86. The summed E-state index contributed by atoms with van der Waals surface area (Å²) < 4.78 is 2.27. The molecule has 0 fully saturated rings. The maximum absolute atomic E-state index is 13.2. The molecule has 0 saturated carbocycles. The average Bonchev–Trinajstić information content (AvgIpc) is 3.20. The molecule has 3 nitrogen and oxygen atoms in total. The number of carbonyl (C=O) groups excluding carboxylic acids is 1. The summed E-state index contributed by atoms with van der Waals surface area (Å²) in [6, 6.07) is 23.1. The van der Waals surface area contributed by atoms with E-state index in [4.69, 9.17) is 0 Å². The van der Waals surface area contributed by atoms with E-state index in [1.165, 1.54) is 16.8 Å². The van der Waals surface area contributed by atoms with Crippen LogP contribution in [0.3, 0.4) is 0 Å². The number of aromatic nitrogens is 1. The van der Waals surface area contributed by atoms with Crippen molar-refractivity contribution in [3.8, 4) is 0 Å². The van der Waals surface area contributed by atoms with Crippen LogP contribution in [0.25, 0.3) is 0 Å². The van der Waals surface area contributed by atoms with E-state index in [0.717, 1.165) is 18.0 Å². The van der Waals surface area contributed by atoms with Gasteiger partial charge in [-0.25, -0.2) is 0 Å². The maximum atomic E-state index is 13.2.